The molecule has 23 heteroatoms. The Morgan fingerprint density at radius 2 is 1.58 bits per heavy atom. The second kappa shape index (κ2) is 13.3. The predicted molar refractivity (Wildman–Crippen MR) is 161 cm³/mol. The summed E-state index contributed by atoms with van der Waals surface area (Å²) in [5.41, 5.74) is 12.9. The number of imidazole rings is 2. The summed E-state index contributed by atoms with van der Waals surface area (Å²) in [5, 5.41) is 11.1. The van der Waals surface area contributed by atoms with Gasteiger partial charge < -0.3 is 26.0 Å². The number of fused-ring (bicyclic) bond motifs is 2. The van der Waals surface area contributed by atoms with Gasteiger partial charge in [-0.2, -0.15) is 12.6 Å². The van der Waals surface area contributed by atoms with Gasteiger partial charge in [-0.3, -0.25) is 22.7 Å². The fourth-order valence-electron chi connectivity index (χ4n) is 5.42. The topological polar surface area (TPSA) is 240 Å². The van der Waals surface area contributed by atoms with Crippen LogP contribution < -0.4 is 11.5 Å². The van der Waals surface area contributed by atoms with E-state index in [0.717, 1.165) is 0 Å². The largest absolute Gasteiger partial charge is 0.390 e. The van der Waals surface area contributed by atoms with Gasteiger partial charge in [-0.05, 0) is 12.2 Å². The van der Waals surface area contributed by atoms with Gasteiger partial charge in [0.2, 0.25) is 0 Å². The van der Waals surface area contributed by atoms with Crippen molar-refractivity contribution in [2.45, 2.75) is 49.5 Å². The number of aliphatic hydroxyl groups is 1. The Hall–Kier alpha value is -2.58. The van der Waals surface area contributed by atoms with Crippen molar-refractivity contribution in [1.82, 2.24) is 39.0 Å². The van der Waals surface area contributed by atoms with Crippen molar-refractivity contribution in [1.29, 1.82) is 0 Å². The lowest BCUT2D eigenvalue weighted by Gasteiger charge is -2.24. The smallest absolute Gasteiger partial charge is 0.386 e. The lowest BCUT2D eigenvalue weighted by Crippen LogP contribution is -2.34. The molecule has 0 saturated carbocycles. The van der Waals surface area contributed by atoms with E-state index in [1.54, 1.807) is 4.57 Å². The summed E-state index contributed by atoms with van der Waals surface area (Å²) in [6.45, 7) is -5.18. The number of anilines is 2. The van der Waals surface area contributed by atoms with Gasteiger partial charge in [-0.15, -0.1) is 0 Å². The van der Waals surface area contributed by atoms with E-state index in [2.05, 4.69) is 54.8 Å². The number of nitrogens with zero attached hydrogens (tertiary/aromatic N) is 8. The van der Waals surface area contributed by atoms with Crippen molar-refractivity contribution in [3.05, 3.63) is 25.3 Å². The minimum atomic E-state index is -4.34. The molecule has 0 radical (unpaired) electrons. The summed E-state index contributed by atoms with van der Waals surface area (Å²) in [6, 6.07) is 0. The molecule has 6 heterocycles. The molecular formula is C22H27FN10O8P2S2. The van der Waals surface area contributed by atoms with Crippen LogP contribution in [0.5, 0.6) is 0 Å². The zero-order valence-electron chi connectivity index (χ0n) is 23.0. The fourth-order valence-corrected chi connectivity index (χ4v) is 7.41. The van der Waals surface area contributed by atoms with Crippen LogP contribution in [0.15, 0.2) is 25.3 Å². The number of aromatic nitrogens is 8. The number of nitrogen functional groups attached to an aromatic ring is 2. The highest BCUT2D eigenvalue weighted by atomic mass is 32.7. The Morgan fingerprint density at radius 3 is 2.18 bits per heavy atom. The SMILES string of the molecule is Nc1ncnc2c1ncn2[C@@H]1O[C@H](COP=O)[C@@H](O[P@](=O)(S)OC[C@H]2O[C@@H](n3cnc4c(N)ncnc43)[C@H](CCS)[C@@H]2O)[C@H]1F. The summed E-state index contributed by atoms with van der Waals surface area (Å²) < 4.78 is 71.1. The van der Waals surface area contributed by atoms with Crippen LogP contribution in [0.2, 0.25) is 0 Å². The molecule has 2 saturated heterocycles. The summed E-state index contributed by atoms with van der Waals surface area (Å²) in [5.74, 6) is 0.189. The van der Waals surface area contributed by atoms with Gasteiger partial charge in [-0.25, -0.2) is 43.4 Å². The number of rotatable bonds is 12. The number of thiol groups is 2. The first-order chi connectivity index (χ1) is 21.6. The second-order valence-corrected chi connectivity index (χ2v) is 13.8. The van der Waals surface area contributed by atoms with Crippen molar-refractivity contribution in [3.63, 3.8) is 0 Å². The van der Waals surface area contributed by atoms with Gasteiger partial charge in [0.1, 0.15) is 48.2 Å². The number of hydrogen-bond acceptors (Lipinski definition) is 17. The molecule has 242 valence electrons. The maximum Gasteiger partial charge on any atom is 0.386 e. The molecule has 0 aliphatic carbocycles. The average molecular weight is 705 g/mol. The van der Waals surface area contributed by atoms with Crippen LogP contribution in [0.1, 0.15) is 18.9 Å². The lowest BCUT2D eigenvalue weighted by atomic mass is 9.97. The van der Waals surface area contributed by atoms with E-state index < -0.39 is 77.7 Å². The van der Waals surface area contributed by atoms with Gasteiger partial charge in [-0.1, -0.05) is 12.2 Å². The molecule has 4 aromatic heterocycles. The van der Waals surface area contributed by atoms with Gasteiger partial charge in [0.15, 0.2) is 35.3 Å². The molecule has 5 N–H and O–H groups in total. The molecular weight excluding hydrogens is 677 g/mol. The van der Waals surface area contributed by atoms with Crippen LogP contribution >= 0.6 is 40.4 Å². The van der Waals surface area contributed by atoms with Crippen molar-refractivity contribution in [3.8, 4) is 0 Å². The van der Waals surface area contributed by atoms with Crippen LogP contribution in [-0.2, 0) is 32.2 Å². The summed E-state index contributed by atoms with van der Waals surface area (Å²) >= 11 is 8.36. The van der Waals surface area contributed by atoms with Crippen LogP contribution in [0.4, 0.5) is 16.0 Å². The van der Waals surface area contributed by atoms with E-state index in [1.807, 2.05) is 0 Å². The summed E-state index contributed by atoms with van der Waals surface area (Å²) in [7, 11) is -0.692. The molecule has 18 nitrogen and oxygen atoms in total. The van der Waals surface area contributed by atoms with Crippen molar-refractivity contribution < 1.29 is 41.7 Å². The Balaban J connectivity index is 1.17. The maximum atomic E-state index is 15.9. The zero-order chi connectivity index (χ0) is 31.9. The van der Waals surface area contributed by atoms with Gasteiger partial charge in [0.05, 0.1) is 32.0 Å². The number of hydrogen-bond donors (Lipinski definition) is 5. The monoisotopic (exact) mass is 704 g/mol. The second-order valence-electron chi connectivity index (χ2n) is 10.1. The van der Waals surface area contributed by atoms with Crippen LogP contribution in [0.25, 0.3) is 22.3 Å². The molecule has 0 aromatic carbocycles. The molecule has 2 fully saturated rings. The standard InChI is InChI=1S/C22H27FN10O8P2S2/c23-12-16(11(3-37-42-35)40-22(12)33-8-31-14-18(25)27-6-29-20(14)33)41-43(36,45)38-4-10-15(34)9(1-2-44)21(39-10)32-7-30-13-17(24)26-5-28-19(13)32/h5-12,15-16,21-22,34,44H,1-4H2,(H,36,45)(H2,24,26,28)(H2,25,27,29)/t9-,10-,11-,12-,15+,16-,21-,22-,43-/m1/s1. The summed E-state index contributed by atoms with van der Waals surface area (Å²) in [4.78, 5) is 24.5. The maximum absolute atomic E-state index is 15.9. The molecule has 45 heavy (non-hydrogen) atoms. The highest BCUT2D eigenvalue weighted by Gasteiger charge is 2.51. The highest BCUT2D eigenvalue weighted by Crippen LogP contribution is 2.57. The Morgan fingerprint density at radius 1 is 0.978 bits per heavy atom. The Kier molecular flexibility index (Phi) is 9.54. The molecule has 0 bridgehead atoms. The number of aliphatic hydroxyl groups excluding tert-OH is 1. The summed E-state index contributed by atoms with van der Waals surface area (Å²) in [6.07, 6.45) is -3.32. The van der Waals surface area contributed by atoms with Gasteiger partial charge in [0.25, 0.3) is 0 Å². The van der Waals surface area contributed by atoms with Crippen molar-refractivity contribution in [2.75, 3.05) is 30.4 Å². The third kappa shape index (κ3) is 6.26. The average Bonchev–Trinajstić information content (AvgIpc) is 3.77. The van der Waals surface area contributed by atoms with Crippen molar-refractivity contribution >= 4 is 74.3 Å². The first-order valence-electron chi connectivity index (χ1n) is 13.3. The first-order valence-corrected chi connectivity index (χ1v) is 17.4. The van der Waals surface area contributed by atoms with Crippen molar-refractivity contribution in [2.24, 2.45) is 5.92 Å². The van der Waals surface area contributed by atoms with Crippen LogP contribution in [0.3, 0.4) is 0 Å². The lowest BCUT2D eigenvalue weighted by molar-refractivity contribution is -0.0471. The third-order valence-electron chi connectivity index (χ3n) is 7.50. The molecule has 2 aliphatic heterocycles. The third-order valence-corrected chi connectivity index (χ3v) is 9.63. The molecule has 0 amide bonds. The zero-order valence-corrected chi connectivity index (χ0v) is 26.5. The predicted octanol–water partition coefficient (Wildman–Crippen LogP) is 1.92. The molecule has 6 rings (SSSR count). The number of halogens is 1. The Bertz CT molecular complexity index is 1740. The normalized spacial score (nSPS) is 30.0. The molecule has 2 aliphatic rings. The number of alkyl halides is 1. The minimum Gasteiger partial charge on any atom is -0.390 e. The van der Waals surface area contributed by atoms with E-state index in [9.17, 15) is 14.2 Å². The van der Waals surface area contributed by atoms with E-state index in [-0.39, 0.29) is 22.8 Å². The first kappa shape index (κ1) is 32.4. The fraction of sp³-hybridized carbons (Fsp3) is 0.545. The Labute approximate surface area is 265 Å². The number of nitrogens with two attached hydrogens (primary N) is 2. The van der Waals surface area contributed by atoms with Gasteiger partial charge >= 0.3 is 15.5 Å². The molecule has 0 unspecified atom stereocenters. The minimum absolute atomic E-state index is 0.0760. The van der Waals surface area contributed by atoms with Gasteiger partial charge in [0, 0.05) is 5.92 Å². The van der Waals surface area contributed by atoms with E-state index in [0.29, 0.717) is 23.3 Å². The van der Waals surface area contributed by atoms with Crippen LogP contribution in [-0.4, -0.2) is 93.7 Å². The quantitative estimate of drug-likeness (QED) is 0.105. The number of ether oxygens (including phenoxy) is 2. The van der Waals surface area contributed by atoms with E-state index in [4.69, 9.17) is 34.5 Å². The van der Waals surface area contributed by atoms with E-state index >= 15 is 4.39 Å². The molecule has 4 aromatic rings. The highest BCUT2D eigenvalue weighted by molar-refractivity contribution is 8.44. The molecule has 0 spiro atoms. The molecule has 9 atom stereocenters. The van der Waals surface area contributed by atoms with E-state index in [1.165, 1.54) is 29.9 Å². The van der Waals surface area contributed by atoms with Crippen LogP contribution in [0, 0.1) is 5.92 Å².